The van der Waals surface area contributed by atoms with Crippen molar-refractivity contribution in [3.05, 3.63) is 41.6 Å². The number of carbonyl (C=O) groups is 3. The fourth-order valence-corrected chi connectivity index (χ4v) is 3.25. The second-order valence-corrected chi connectivity index (χ2v) is 7.14. The van der Waals surface area contributed by atoms with Crippen LogP contribution in [0.1, 0.15) is 18.4 Å². The van der Waals surface area contributed by atoms with Gasteiger partial charge in [-0.05, 0) is 37.2 Å². The average Bonchev–Trinajstić information content (AvgIpc) is 3.39. The van der Waals surface area contributed by atoms with Crippen molar-refractivity contribution >= 4 is 52.0 Å². The van der Waals surface area contributed by atoms with Crippen molar-refractivity contribution in [1.82, 2.24) is 20.1 Å². The molecule has 3 amide bonds. The maximum atomic E-state index is 12.4. The van der Waals surface area contributed by atoms with E-state index in [1.165, 1.54) is 11.9 Å². The molecule has 1 aliphatic carbocycles. The molecule has 1 aromatic heterocycles. The zero-order chi connectivity index (χ0) is 19.1. The van der Waals surface area contributed by atoms with Gasteiger partial charge in [-0.3, -0.25) is 24.6 Å². The third-order valence-corrected chi connectivity index (χ3v) is 5.06. The van der Waals surface area contributed by atoms with Crippen molar-refractivity contribution in [2.75, 3.05) is 7.05 Å². The summed E-state index contributed by atoms with van der Waals surface area (Å²) in [5.41, 5.74) is 1.57. The lowest BCUT2D eigenvalue weighted by Gasteiger charge is -2.24. The lowest BCUT2D eigenvalue weighted by Crippen LogP contribution is -2.52. The van der Waals surface area contributed by atoms with Gasteiger partial charge < -0.3 is 9.88 Å². The topological polar surface area (TPSA) is 83.4 Å². The number of carbonyl (C=O) groups excluding carboxylic acids is 3. The standard InChI is InChI=1S/C19H18N4O3S/c1-22-18(26)14(17(25)21-19(22)27)8-11-9-23(10-16(24)20-12-6-7-12)15-5-3-2-4-13(11)15/h2-5,8-9,12H,6-7,10H2,1H3,(H,20,24)(H,21,25,27)/b14-8-. The molecule has 4 rings (SSSR count). The van der Waals surface area contributed by atoms with E-state index in [2.05, 4.69) is 10.6 Å². The normalized spacial score (nSPS) is 18.9. The Balaban J connectivity index is 1.71. The highest BCUT2D eigenvalue weighted by atomic mass is 32.1. The number of rotatable bonds is 4. The molecule has 1 saturated heterocycles. The molecule has 2 fully saturated rings. The quantitative estimate of drug-likeness (QED) is 0.473. The number of thiocarbonyl (C=S) groups is 1. The first-order chi connectivity index (χ1) is 12.9. The van der Waals surface area contributed by atoms with Gasteiger partial charge in [0, 0.05) is 35.8 Å². The summed E-state index contributed by atoms with van der Waals surface area (Å²) < 4.78 is 1.83. The second kappa shape index (κ2) is 6.62. The Kier molecular flexibility index (Phi) is 4.27. The Labute approximate surface area is 161 Å². The van der Waals surface area contributed by atoms with Gasteiger partial charge in [-0.2, -0.15) is 0 Å². The van der Waals surface area contributed by atoms with Crippen LogP contribution < -0.4 is 10.6 Å². The summed E-state index contributed by atoms with van der Waals surface area (Å²) in [6.07, 6.45) is 5.40. The predicted molar refractivity (Wildman–Crippen MR) is 105 cm³/mol. The summed E-state index contributed by atoms with van der Waals surface area (Å²) >= 11 is 4.97. The number of hydrogen-bond donors (Lipinski definition) is 2. The molecule has 27 heavy (non-hydrogen) atoms. The highest BCUT2D eigenvalue weighted by Gasteiger charge is 2.31. The van der Waals surface area contributed by atoms with Gasteiger partial charge in [0.2, 0.25) is 5.91 Å². The van der Waals surface area contributed by atoms with Gasteiger partial charge in [0.25, 0.3) is 11.8 Å². The number of aromatic nitrogens is 1. The molecule has 2 aromatic rings. The minimum atomic E-state index is -0.522. The van der Waals surface area contributed by atoms with Gasteiger partial charge in [-0.25, -0.2) is 0 Å². The number of likely N-dealkylation sites (N-methyl/N-ethyl adjacent to an activating group) is 1. The number of hydrogen-bond acceptors (Lipinski definition) is 4. The summed E-state index contributed by atoms with van der Waals surface area (Å²) in [5.74, 6) is -1.02. The molecule has 2 aliphatic rings. The smallest absolute Gasteiger partial charge is 0.265 e. The SMILES string of the molecule is CN1C(=O)/C(=C\c2cn(CC(=O)NC3CC3)c3ccccc23)C(=O)NC1=S. The van der Waals surface area contributed by atoms with Crippen LogP contribution in [-0.2, 0) is 20.9 Å². The van der Waals surface area contributed by atoms with E-state index >= 15 is 0 Å². The molecule has 2 heterocycles. The highest BCUT2D eigenvalue weighted by molar-refractivity contribution is 7.80. The van der Waals surface area contributed by atoms with Crippen molar-refractivity contribution in [3.8, 4) is 0 Å². The molecular weight excluding hydrogens is 364 g/mol. The summed E-state index contributed by atoms with van der Waals surface area (Å²) in [6, 6.07) is 7.87. The van der Waals surface area contributed by atoms with Crippen LogP contribution in [0.4, 0.5) is 0 Å². The molecule has 8 heteroatoms. The molecule has 7 nitrogen and oxygen atoms in total. The number of para-hydroxylation sites is 1. The summed E-state index contributed by atoms with van der Waals surface area (Å²) in [5, 5.41) is 6.42. The van der Waals surface area contributed by atoms with E-state index in [1.807, 2.05) is 28.8 Å². The molecule has 1 saturated carbocycles. The van der Waals surface area contributed by atoms with Crippen molar-refractivity contribution in [1.29, 1.82) is 0 Å². The summed E-state index contributed by atoms with van der Waals surface area (Å²) in [7, 11) is 1.52. The van der Waals surface area contributed by atoms with E-state index in [4.69, 9.17) is 12.2 Å². The molecule has 138 valence electrons. The van der Waals surface area contributed by atoms with Crippen LogP contribution in [0.15, 0.2) is 36.0 Å². The molecular formula is C19H18N4O3S. The van der Waals surface area contributed by atoms with Crippen molar-refractivity contribution in [3.63, 3.8) is 0 Å². The van der Waals surface area contributed by atoms with Crippen molar-refractivity contribution in [2.45, 2.75) is 25.4 Å². The van der Waals surface area contributed by atoms with Crippen LogP contribution in [0.2, 0.25) is 0 Å². The second-order valence-electron chi connectivity index (χ2n) is 6.75. The van der Waals surface area contributed by atoms with E-state index in [9.17, 15) is 14.4 Å². The van der Waals surface area contributed by atoms with Crippen molar-refractivity contribution in [2.24, 2.45) is 0 Å². The number of amides is 3. The minimum Gasteiger partial charge on any atom is -0.352 e. The zero-order valence-corrected chi connectivity index (χ0v) is 15.5. The number of nitrogens with zero attached hydrogens (tertiary/aromatic N) is 2. The first-order valence-corrected chi connectivity index (χ1v) is 9.07. The van der Waals surface area contributed by atoms with Crippen molar-refractivity contribution < 1.29 is 14.4 Å². The third kappa shape index (κ3) is 3.35. The van der Waals surface area contributed by atoms with Crippen LogP contribution in [-0.4, -0.2) is 45.4 Å². The van der Waals surface area contributed by atoms with Crippen LogP contribution in [0.25, 0.3) is 17.0 Å². The molecule has 1 aromatic carbocycles. The van der Waals surface area contributed by atoms with E-state index in [0.717, 1.165) is 23.7 Å². The fraction of sp³-hybridized carbons (Fsp3) is 0.263. The Hall–Kier alpha value is -3.00. The number of nitrogens with one attached hydrogen (secondary N) is 2. The molecule has 0 bridgehead atoms. The van der Waals surface area contributed by atoms with Gasteiger partial charge in [0.05, 0.1) is 0 Å². The van der Waals surface area contributed by atoms with Gasteiger partial charge in [-0.15, -0.1) is 0 Å². The molecule has 0 radical (unpaired) electrons. The monoisotopic (exact) mass is 382 g/mol. The molecule has 0 spiro atoms. The van der Waals surface area contributed by atoms with Crippen LogP contribution in [0, 0.1) is 0 Å². The Morgan fingerprint density at radius 2 is 2.07 bits per heavy atom. The zero-order valence-electron chi connectivity index (χ0n) is 14.7. The lowest BCUT2D eigenvalue weighted by molar-refractivity contribution is -0.128. The first-order valence-electron chi connectivity index (χ1n) is 8.66. The predicted octanol–water partition coefficient (Wildman–Crippen LogP) is 1.18. The lowest BCUT2D eigenvalue weighted by atomic mass is 10.1. The maximum absolute atomic E-state index is 12.4. The summed E-state index contributed by atoms with van der Waals surface area (Å²) in [6.45, 7) is 0.185. The summed E-state index contributed by atoms with van der Waals surface area (Å²) in [4.78, 5) is 38.1. The van der Waals surface area contributed by atoms with E-state index in [1.54, 1.807) is 12.3 Å². The third-order valence-electron chi connectivity index (χ3n) is 4.68. The van der Waals surface area contributed by atoms with Crippen LogP contribution >= 0.6 is 12.2 Å². The molecule has 2 N–H and O–H groups in total. The van der Waals surface area contributed by atoms with Gasteiger partial charge in [-0.1, -0.05) is 18.2 Å². The molecule has 1 aliphatic heterocycles. The maximum Gasteiger partial charge on any atom is 0.265 e. The first kappa shape index (κ1) is 17.4. The Morgan fingerprint density at radius 3 is 2.81 bits per heavy atom. The Morgan fingerprint density at radius 1 is 1.33 bits per heavy atom. The van der Waals surface area contributed by atoms with E-state index in [0.29, 0.717) is 11.6 Å². The van der Waals surface area contributed by atoms with Crippen LogP contribution in [0.5, 0.6) is 0 Å². The largest absolute Gasteiger partial charge is 0.352 e. The van der Waals surface area contributed by atoms with E-state index in [-0.39, 0.29) is 23.1 Å². The molecule has 0 atom stereocenters. The van der Waals surface area contributed by atoms with E-state index < -0.39 is 11.8 Å². The van der Waals surface area contributed by atoms with Gasteiger partial charge in [0.15, 0.2) is 5.11 Å². The molecule has 0 unspecified atom stereocenters. The van der Waals surface area contributed by atoms with Gasteiger partial charge in [0.1, 0.15) is 12.1 Å². The van der Waals surface area contributed by atoms with Gasteiger partial charge >= 0.3 is 0 Å². The minimum absolute atomic E-state index is 0.0106. The fourth-order valence-electron chi connectivity index (χ4n) is 3.08. The number of benzene rings is 1. The highest BCUT2D eigenvalue weighted by Crippen LogP contribution is 2.25. The Bertz CT molecular complexity index is 1020. The van der Waals surface area contributed by atoms with Crippen LogP contribution in [0.3, 0.4) is 0 Å². The number of fused-ring (bicyclic) bond motifs is 1. The average molecular weight is 382 g/mol.